The van der Waals surface area contributed by atoms with E-state index in [1.54, 1.807) is 24.4 Å². The van der Waals surface area contributed by atoms with Gasteiger partial charge in [0.15, 0.2) is 11.9 Å². The molecule has 7 nitrogen and oxygen atoms in total. The fourth-order valence-corrected chi connectivity index (χ4v) is 4.38. The number of pyridine rings is 1. The molecule has 0 saturated heterocycles. The maximum absolute atomic E-state index is 14.1. The Balaban J connectivity index is 1.29. The zero-order valence-electron chi connectivity index (χ0n) is 17.2. The highest BCUT2D eigenvalue weighted by Gasteiger charge is 2.35. The van der Waals surface area contributed by atoms with Gasteiger partial charge in [-0.05, 0) is 42.8 Å². The van der Waals surface area contributed by atoms with Crippen LogP contribution < -0.4 is 14.8 Å². The molecule has 160 valence electrons. The van der Waals surface area contributed by atoms with Crippen LogP contribution in [0.25, 0.3) is 11.0 Å². The third-order valence-corrected chi connectivity index (χ3v) is 6.03. The third kappa shape index (κ3) is 2.98. The van der Waals surface area contributed by atoms with E-state index in [-0.39, 0.29) is 23.7 Å². The first-order valence-electron chi connectivity index (χ1n) is 10.5. The van der Waals surface area contributed by atoms with E-state index in [1.165, 1.54) is 6.07 Å². The molecular weight excluding hydrogens is 411 g/mol. The summed E-state index contributed by atoms with van der Waals surface area (Å²) in [5.74, 6) is 2.82. The van der Waals surface area contributed by atoms with Crippen molar-refractivity contribution >= 4 is 22.8 Å². The molecule has 2 aromatic heterocycles. The minimum atomic E-state index is -0.360. The third-order valence-electron chi connectivity index (χ3n) is 6.03. The zero-order chi connectivity index (χ0) is 21.8. The summed E-state index contributed by atoms with van der Waals surface area (Å²) in [5.41, 5.74) is 2.84. The van der Waals surface area contributed by atoms with Gasteiger partial charge in [0, 0.05) is 29.7 Å². The lowest BCUT2D eigenvalue weighted by atomic mass is 9.97. The van der Waals surface area contributed by atoms with E-state index >= 15 is 0 Å². The highest BCUT2D eigenvalue weighted by molar-refractivity contribution is 5.93. The molecule has 2 aliphatic rings. The molecule has 2 aromatic carbocycles. The topological polar surface area (TPSA) is 89.1 Å². The number of aromatic amines is 1. The molecule has 0 fully saturated rings. The number of hydrogen-bond acceptors (Lipinski definition) is 5. The Morgan fingerprint density at radius 2 is 2.09 bits per heavy atom. The number of fused-ring (bicyclic) bond motifs is 3. The van der Waals surface area contributed by atoms with Crippen molar-refractivity contribution in [1.82, 2.24) is 15.0 Å². The number of amides is 1. The molecule has 4 heterocycles. The Labute approximate surface area is 182 Å². The molecule has 8 heteroatoms. The first-order chi connectivity index (χ1) is 15.6. The van der Waals surface area contributed by atoms with Crippen LogP contribution in [-0.2, 0) is 11.2 Å². The van der Waals surface area contributed by atoms with Crippen LogP contribution in [0.5, 0.6) is 17.2 Å². The number of nitrogens with zero attached hydrogens (tertiary/aromatic N) is 2. The SMILES string of the molecule is CC1c2cc(Oc3ccnc4c3CCC(=O)N4)ccc2OC1c1nc2c(F)cccc2[nH]1. The summed E-state index contributed by atoms with van der Waals surface area (Å²) < 4.78 is 26.4. The second-order valence-corrected chi connectivity index (χ2v) is 8.07. The first-order valence-corrected chi connectivity index (χ1v) is 10.5. The Kier molecular flexibility index (Phi) is 4.14. The van der Waals surface area contributed by atoms with Crippen molar-refractivity contribution < 1.29 is 18.7 Å². The van der Waals surface area contributed by atoms with Crippen LogP contribution in [0.2, 0.25) is 0 Å². The van der Waals surface area contributed by atoms with Crippen molar-refractivity contribution in [3.63, 3.8) is 0 Å². The summed E-state index contributed by atoms with van der Waals surface area (Å²) in [7, 11) is 0. The van der Waals surface area contributed by atoms with Crippen molar-refractivity contribution in [2.75, 3.05) is 5.32 Å². The minimum Gasteiger partial charge on any atom is -0.482 e. The van der Waals surface area contributed by atoms with Crippen molar-refractivity contribution in [3.8, 4) is 17.2 Å². The van der Waals surface area contributed by atoms with E-state index in [9.17, 15) is 9.18 Å². The second-order valence-electron chi connectivity index (χ2n) is 8.07. The average Bonchev–Trinajstić information content (AvgIpc) is 3.36. The number of para-hydroxylation sites is 1. The van der Waals surface area contributed by atoms with Gasteiger partial charge in [-0.15, -0.1) is 0 Å². The number of halogens is 1. The van der Waals surface area contributed by atoms with Crippen LogP contribution in [-0.4, -0.2) is 20.9 Å². The predicted molar refractivity (Wildman–Crippen MR) is 116 cm³/mol. The molecule has 2 unspecified atom stereocenters. The van der Waals surface area contributed by atoms with Gasteiger partial charge in [0.25, 0.3) is 0 Å². The number of hydrogen-bond donors (Lipinski definition) is 2. The summed E-state index contributed by atoms with van der Waals surface area (Å²) in [5, 5.41) is 2.79. The van der Waals surface area contributed by atoms with E-state index in [0.29, 0.717) is 47.0 Å². The molecule has 0 bridgehead atoms. The van der Waals surface area contributed by atoms with Crippen molar-refractivity contribution in [2.45, 2.75) is 31.8 Å². The summed E-state index contributed by atoms with van der Waals surface area (Å²) >= 11 is 0. The van der Waals surface area contributed by atoms with Crippen LogP contribution >= 0.6 is 0 Å². The number of carbonyl (C=O) groups excluding carboxylic acids is 1. The molecule has 6 rings (SSSR count). The quantitative estimate of drug-likeness (QED) is 0.477. The molecule has 0 saturated carbocycles. The molecule has 4 aromatic rings. The van der Waals surface area contributed by atoms with Crippen LogP contribution in [0, 0.1) is 5.82 Å². The fourth-order valence-electron chi connectivity index (χ4n) is 4.38. The number of benzene rings is 2. The van der Waals surface area contributed by atoms with Gasteiger partial charge in [-0.2, -0.15) is 0 Å². The lowest BCUT2D eigenvalue weighted by Crippen LogP contribution is -2.20. The molecule has 2 N–H and O–H groups in total. The first kappa shape index (κ1) is 18.8. The molecule has 0 radical (unpaired) electrons. The van der Waals surface area contributed by atoms with E-state index in [4.69, 9.17) is 9.47 Å². The average molecular weight is 430 g/mol. The van der Waals surface area contributed by atoms with Gasteiger partial charge in [0.1, 0.15) is 34.4 Å². The van der Waals surface area contributed by atoms with Gasteiger partial charge in [0.2, 0.25) is 5.91 Å². The maximum Gasteiger partial charge on any atom is 0.225 e. The molecule has 0 aliphatic carbocycles. The lowest BCUT2D eigenvalue weighted by Gasteiger charge is -2.19. The highest BCUT2D eigenvalue weighted by atomic mass is 19.1. The van der Waals surface area contributed by atoms with Gasteiger partial charge in [-0.25, -0.2) is 14.4 Å². The monoisotopic (exact) mass is 430 g/mol. The predicted octanol–water partition coefficient (Wildman–Crippen LogP) is 5.01. The highest BCUT2D eigenvalue weighted by Crippen LogP contribution is 2.47. The lowest BCUT2D eigenvalue weighted by molar-refractivity contribution is -0.116. The van der Waals surface area contributed by atoms with E-state index in [1.807, 2.05) is 25.1 Å². The van der Waals surface area contributed by atoms with E-state index < -0.39 is 0 Å². The maximum atomic E-state index is 14.1. The standard InChI is InChI=1S/C24H19FN4O3/c1-12-15-11-13(31-19-9-10-26-23-14(19)6-8-20(30)28-23)5-7-18(15)32-22(12)24-27-17-4-2-3-16(25)21(17)29-24/h2-5,7,9-12,22H,6,8H2,1H3,(H,27,29)(H,26,28,30). The van der Waals surface area contributed by atoms with Gasteiger partial charge < -0.3 is 19.8 Å². The summed E-state index contributed by atoms with van der Waals surface area (Å²) in [6.07, 6.45) is 2.26. The summed E-state index contributed by atoms with van der Waals surface area (Å²) in [6.45, 7) is 2.05. The molecule has 2 aliphatic heterocycles. The zero-order valence-corrected chi connectivity index (χ0v) is 17.2. The number of anilines is 1. The number of ether oxygens (including phenoxy) is 2. The minimum absolute atomic E-state index is 0.0113. The normalized spacial score (nSPS) is 19.2. The van der Waals surface area contributed by atoms with Crippen LogP contribution in [0.4, 0.5) is 10.2 Å². The number of imidazole rings is 1. The fraction of sp³-hybridized carbons (Fsp3) is 0.208. The van der Waals surface area contributed by atoms with Gasteiger partial charge >= 0.3 is 0 Å². The number of H-pyrrole nitrogens is 1. The van der Waals surface area contributed by atoms with Gasteiger partial charge in [0.05, 0.1) is 5.52 Å². The number of nitrogens with one attached hydrogen (secondary N) is 2. The molecule has 2 atom stereocenters. The largest absolute Gasteiger partial charge is 0.482 e. The van der Waals surface area contributed by atoms with Crippen LogP contribution in [0.1, 0.15) is 42.3 Å². The second kappa shape index (κ2) is 7.05. The Morgan fingerprint density at radius 1 is 1.19 bits per heavy atom. The van der Waals surface area contributed by atoms with Crippen molar-refractivity contribution in [2.24, 2.45) is 0 Å². The smallest absolute Gasteiger partial charge is 0.225 e. The summed E-state index contributed by atoms with van der Waals surface area (Å²) in [6, 6.07) is 12.3. The van der Waals surface area contributed by atoms with Gasteiger partial charge in [-0.3, -0.25) is 4.79 Å². The van der Waals surface area contributed by atoms with Crippen LogP contribution in [0.3, 0.4) is 0 Å². The van der Waals surface area contributed by atoms with E-state index in [2.05, 4.69) is 20.3 Å². The summed E-state index contributed by atoms with van der Waals surface area (Å²) in [4.78, 5) is 23.5. The molecule has 32 heavy (non-hydrogen) atoms. The molecular formula is C24H19FN4O3. The number of aromatic nitrogens is 3. The number of carbonyl (C=O) groups is 1. The molecule has 1 amide bonds. The Morgan fingerprint density at radius 3 is 2.97 bits per heavy atom. The molecule has 0 spiro atoms. The number of rotatable bonds is 3. The van der Waals surface area contributed by atoms with Gasteiger partial charge in [-0.1, -0.05) is 13.0 Å². The van der Waals surface area contributed by atoms with Crippen molar-refractivity contribution in [3.05, 3.63) is 71.4 Å². The van der Waals surface area contributed by atoms with Crippen LogP contribution in [0.15, 0.2) is 48.7 Å². The van der Waals surface area contributed by atoms with E-state index in [0.717, 1.165) is 16.9 Å². The Hall–Kier alpha value is -3.94. The van der Waals surface area contributed by atoms with Crippen molar-refractivity contribution in [1.29, 1.82) is 0 Å². The Bertz CT molecular complexity index is 1380.